The van der Waals surface area contributed by atoms with Gasteiger partial charge in [0.05, 0.1) is 9.90 Å². The van der Waals surface area contributed by atoms with Gasteiger partial charge in [-0.25, -0.2) is 0 Å². The molecule has 166 valence electrons. The van der Waals surface area contributed by atoms with Crippen LogP contribution in [0, 0.1) is 0 Å². The van der Waals surface area contributed by atoms with Crippen LogP contribution in [-0.4, -0.2) is 60.9 Å². The van der Waals surface area contributed by atoms with Gasteiger partial charge in [-0.1, -0.05) is 35.9 Å². The van der Waals surface area contributed by atoms with Crippen molar-refractivity contribution in [3.63, 3.8) is 0 Å². The number of carbonyl (C=O) groups is 2. The van der Waals surface area contributed by atoms with Crippen molar-refractivity contribution in [2.45, 2.75) is 0 Å². The number of rotatable bonds is 7. The molecular weight excluding hydrogens is 446 g/mol. The number of nitrogens with zero attached hydrogens (tertiary/aromatic N) is 2. The largest absolute Gasteiger partial charge is 0.491 e. The van der Waals surface area contributed by atoms with Gasteiger partial charge in [-0.05, 0) is 41.8 Å². The topological polar surface area (TPSA) is 61.9 Å². The lowest BCUT2D eigenvalue weighted by atomic mass is 10.1. The van der Waals surface area contributed by atoms with E-state index < -0.39 is 0 Å². The number of ether oxygens (including phenoxy) is 1. The van der Waals surface area contributed by atoms with Crippen molar-refractivity contribution < 1.29 is 14.3 Å². The Kier molecular flexibility index (Phi) is 7.42. The first-order valence-corrected chi connectivity index (χ1v) is 11.7. The van der Waals surface area contributed by atoms with E-state index >= 15 is 0 Å². The molecule has 2 heterocycles. The van der Waals surface area contributed by atoms with Crippen molar-refractivity contribution in [2.75, 3.05) is 44.6 Å². The van der Waals surface area contributed by atoms with Crippen LogP contribution in [0.15, 0.2) is 66.0 Å². The van der Waals surface area contributed by atoms with Gasteiger partial charge in [0.25, 0.3) is 11.8 Å². The van der Waals surface area contributed by atoms with Crippen molar-refractivity contribution in [1.82, 2.24) is 9.80 Å². The average molecular weight is 470 g/mol. The molecule has 1 saturated heterocycles. The van der Waals surface area contributed by atoms with Crippen molar-refractivity contribution in [3.05, 3.63) is 81.5 Å². The fourth-order valence-electron chi connectivity index (χ4n) is 3.53. The van der Waals surface area contributed by atoms with Gasteiger partial charge >= 0.3 is 0 Å². The second-order valence-corrected chi connectivity index (χ2v) is 8.78. The number of halogens is 1. The third-order valence-electron chi connectivity index (χ3n) is 5.27. The zero-order chi connectivity index (χ0) is 22.3. The SMILES string of the molecule is O=C(Nc1cccc(C(=O)N2CCN(CCOc3ccccc3Cl)CC2)c1)c1cccs1. The van der Waals surface area contributed by atoms with E-state index in [1.54, 1.807) is 30.3 Å². The Balaban J connectivity index is 1.26. The fraction of sp³-hybridized carbons (Fsp3) is 0.250. The quantitative estimate of drug-likeness (QED) is 0.553. The van der Waals surface area contributed by atoms with Crippen molar-refractivity contribution >= 4 is 40.4 Å². The van der Waals surface area contributed by atoms with Gasteiger partial charge < -0.3 is 15.0 Å². The summed E-state index contributed by atoms with van der Waals surface area (Å²) in [5.41, 5.74) is 1.19. The number of anilines is 1. The van der Waals surface area contributed by atoms with Gasteiger partial charge in [-0.2, -0.15) is 0 Å². The zero-order valence-electron chi connectivity index (χ0n) is 17.5. The first-order chi connectivity index (χ1) is 15.6. The summed E-state index contributed by atoms with van der Waals surface area (Å²) < 4.78 is 5.77. The number of para-hydroxylation sites is 1. The molecule has 2 amide bonds. The van der Waals surface area contributed by atoms with Crippen LogP contribution in [0.4, 0.5) is 5.69 Å². The summed E-state index contributed by atoms with van der Waals surface area (Å²) in [5.74, 6) is 0.496. The van der Waals surface area contributed by atoms with E-state index in [0.29, 0.717) is 46.6 Å². The molecule has 4 rings (SSSR count). The maximum Gasteiger partial charge on any atom is 0.265 e. The lowest BCUT2D eigenvalue weighted by molar-refractivity contribution is 0.0620. The molecule has 0 radical (unpaired) electrons. The summed E-state index contributed by atoms with van der Waals surface area (Å²) in [6.45, 7) is 4.19. The van der Waals surface area contributed by atoms with Gasteiger partial charge in [-0.15, -0.1) is 11.3 Å². The number of piperazine rings is 1. The Bertz CT molecular complexity index is 1070. The van der Waals surface area contributed by atoms with Crippen LogP contribution in [0.1, 0.15) is 20.0 Å². The fourth-order valence-corrected chi connectivity index (χ4v) is 4.34. The Labute approximate surface area is 196 Å². The number of benzene rings is 2. The van der Waals surface area contributed by atoms with Crippen molar-refractivity contribution in [2.24, 2.45) is 0 Å². The Morgan fingerprint density at radius 3 is 2.56 bits per heavy atom. The van der Waals surface area contributed by atoms with Crippen LogP contribution >= 0.6 is 22.9 Å². The maximum absolute atomic E-state index is 13.0. The molecule has 0 atom stereocenters. The molecule has 3 aromatic rings. The second-order valence-electron chi connectivity index (χ2n) is 7.42. The van der Waals surface area contributed by atoms with Gasteiger partial charge in [0.2, 0.25) is 0 Å². The summed E-state index contributed by atoms with van der Waals surface area (Å²) in [6, 6.07) is 18.1. The molecule has 8 heteroatoms. The highest BCUT2D eigenvalue weighted by molar-refractivity contribution is 7.12. The molecule has 0 spiro atoms. The normalized spacial score (nSPS) is 14.2. The van der Waals surface area contributed by atoms with Crippen molar-refractivity contribution in [3.8, 4) is 5.75 Å². The van der Waals surface area contributed by atoms with E-state index in [2.05, 4.69) is 10.2 Å². The van der Waals surface area contributed by atoms with Crippen LogP contribution in [0.2, 0.25) is 5.02 Å². The Morgan fingerprint density at radius 2 is 1.81 bits per heavy atom. The highest BCUT2D eigenvalue weighted by Gasteiger charge is 2.22. The van der Waals surface area contributed by atoms with E-state index in [0.717, 1.165) is 19.6 Å². The number of thiophene rings is 1. The number of hydrogen-bond donors (Lipinski definition) is 1. The van der Waals surface area contributed by atoms with Crippen LogP contribution in [-0.2, 0) is 0 Å². The van der Waals surface area contributed by atoms with E-state index in [4.69, 9.17) is 16.3 Å². The summed E-state index contributed by atoms with van der Waals surface area (Å²) in [7, 11) is 0. The molecule has 1 aliphatic rings. The molecule has 0 aliphatic carbocycles. The van der Waals surface area contributed by atoms with E-state index in [1.807, 2.05) is 40.6 Å². The molecule has 0 saturated carbocycles. The monoisotopic (exact) mass is 469 g/mol. The summed E-state index contributed by atoms with van der Waals surface area (Å²) in [6.07, 6.45) is 0. The maximum atomic E-state index is 13.0. The minimum atomic E-state index is -0.169. The highest BCUT2D eigenvalue weighted by atomic mass is 35.5. The van der Waals surface area contributed by atoms with E-state index in [9.17, 15) is 9.59 Å². The molecule has 6 nitrogen and oxygen atoms in total. The number of nitrogens with one attached hydrogen (secondary N) is 1. The van der Waals surface area contributed by atoms with E-state index in [-0.39, 0.29) is 11.8 Å². The second kappa shape index (κ2) is 10.6. The molecule has 1 N–H and O–H groups in total. The predicted octanol–water partition coefficient (Wildman–Crippen LogP) is 4.49. The molecule has 1 aromatic heterocycles. The smallest absolute Gasteiger partial charge is 0.265 e. The summed E-state index contributed by atoms with van der Waals surface area (Å²) >= 11 is 7.50. The van der Waals surface area contributed by atoms with Crippen LogP contribution in [0.5, 0.6) is 5.75 Å². The molecular formula is C24H24ClN3O3S. The summed E-state index contributed by atoms with van der Waals surface area (Å²) in [5, 5.41) is 5.33. The molecule has 1 fully saturated rings. The van der Waals surface area contributed by atoms with Crippen LogP contribution in [0.3, 0.4) is 0 Å². The first-order valence-electron chi connectivity index (χ1n) is 10.4. The minimum absolute atomic E-state index is 0.0239. The molecule has 0 unspecified atom stereocenters. The lowest BCUT2D eigenvalue weighted by Gasteiger charge is -2.34. The van der Waals surface area contributed by atoms with Gasteiger partial charge in [0.15, 0.2) is 0 Å². The Morgan fingerprint density at radius 1 is 1.00 bits per heavy atom. The summed E-state index contributed by atoms with van der Waals surface area (Å²) in [4.78, 5) is 30.0. The van der Waals surface area contributed by atoms with E-state index in [1.165, 1.54) is 11.3 Å². The first kappa shape index (κ1) is 22.3. The average Bonchev–Trinajstić information content (AvgIpc) is 3.36. The molecule has 0 bridgehead atoms. The van der Waals surface area contributed by atoms with Crippen LogP contribution in [0.25, 0.3) is 0 Å². The minimum Gasteiger partial charge on any atom is -0.491 e. The number of hydrogen-bond acceptors (Lipinski definition) is 5. The standard InChI is InChI=1S/C24H24ClN3O3S/c25-20-7-1-2-8-21(20)31-15-14-27-10-12-28(13-11-27)24(30)18-5-3-6-19(17-18)26-23(29)22-9-4-16-32-22/h1-9,16-17H,10-15H2,(H,26,29). The Hall–Kier alpha value is -2.87. The van der Waals surface area contributed by atoms with Gasteiger partial charge in [-0.3, -0.25) is 14.5 Å². The molecule has 2 aromatic carbocycles. The van der Waals surface area contributed by atoms with Crippen molar-refractivity contribution in [1.29, 1.82) is 0 Å². The lowest BCUT2D eigenvalue weighted by Crippen LogP contribution is -2.49. The molecule has 1 aliphatic heterocycles. The predicted molar refractivity (Wildman–Crippen MR) is 128 cm³/mol. The number of amides is 2. The highest BCUT2D eigenvalue weighted by Crippen LogP contribution is 2.23. The molecule has 32 heavy (non-hydrogen) atoms. The third kappa shape index (κ3) is 5.68. The van der Waals surface area contributed by atoms with Gasteiger partial charge in [0, 0.05) is 44.0 Å². The van der Waals surface area contributed by atoms with Gasteiger partial charge in [0.1, 0.15) is 12.4 Å². The third-order valence-corrected chi connectivity index (χ3v) is 6.45. The van der Waals surface area contributed by atoms with Crippen LogP contribution < -0.4 is 10.1 Å². The number of carbonyl (C=O) groups excluding carboxylic acids is 2. The zero-order valence-corrected chi connectivity index (χ0v) is 19.1.